The highest BCUT2D eigenvalue weighted by Crippen LogP contribution is 2.27. The van der Waals surface area contributed by atoms with Crippen LogP contribution in [0.15, 0.2) is 4.52 Å². The fourth-order valence-electron chi connectivity index (χ4n) is 1.03. The van der Waals surface area contributed by atoms with E-state index in [1.807, 2.05) is 6.92 Å². The Balaban J connectivity index is 3.03. The second-order valence-corrected chi connectivity index (χ2v) is 7.04. The zero-order valence-electron chi connectivity index (χ0n) is 9.89. The van der Waals surface area contributed by atoms with Crippen molar-refractivity contribution < 1.29 is 12.9 Å². The topological polar surface area (TPSA) is 99.1 Å². The molecule has 6 nitrogen and oxygen atoms in total. The first-order valence-electron chi connectivity index (χ1n) is 4.93. The van der Waals surface area contributed by atoms with E-state index in [4.69, 9.17) is 10.3 Å². The van der Waals surface area contributed by atoms with E-state index in [9.17, 15) is 8.42 Å². The first-order chi connectivity index (χ1) is 7.14. The standard InChI is InChI=1S/C9H17N3O3S/c1-6(10)5-7-11-8(15-12-7)9(2,3)16(4,13)14/h6H,5,10H2,1-4H3. The van der Waals surface area contributed by atoms with Crippen LogP contribution in [0.4, 0.5) is 0 Å². The van der Waals surface area contributed by atoms with Crippen LogP contribution in [0.3, 0.4) is 0 Å². The summed E-state index contributed by atoms with van der Waals surface area (Å²) in [5.41, 5.74) is 5.59. The van der Waals surface area contributed by atoms with Crippen molar-refractivity contribution in [3.05, 3.63) is 11.7 Å². The number of sulfone groups is 1. The Labute approximate surface area is 95.1 Å². The highest BCUT2D eigenvalue weighted by atomic mass is 32.2. The summed E-state index contributed by atoms with van der Waals surface area (Å²) in [5.74, 6) is 0.535. The van der Waals surface area contributed by atoms with Crippen LogP contribution >= 0.6 is 0 Å². The molecule has 1 aromatic rings. The van der Waals surface area contributed by atoms with Gasteiger partial charge in [0.25, 0.3) is 0 Å². The summed E-state index contributed by atoms with van der Waals surface area (Å²) in [6, 6.07) is -0.0909. The van der Waals surface area contributed by atoms with E-state index in [1.165, 1.54) is 13.8 Å². The van der Waals surface area contributed by atoms with Crippen molar-refractivity contribution in [3.8, 4) is 0 Å². The Kier molecular flexibility index (Phi) is 3.39. The van der Waals surface area contributed by atoms with E-state index in [0.717, 1.165) is 6.26 Å². The fraction of sp³-hybridized carbons (Fsp3) is 0.778. The molecule has 16 heavy (non-hydrogen) atoms. The molecule has 1 heterocycles. The third kappa shape index (κ3) is 2.59. The van der Waals surface area contributed by atoms with Crippen LogP contribution in [0.25, 0.3) is 0 Å². The van der Waals surface area contributed by atoms with E-state index >= 15 is 0 Å². The summed E-state index contributed by atoms with van der Waals surface area (Å²) in [4.78, 5) is 4.05. The molecule has 1 aromatic heterocycles. The Bertz CT molecular complexity index is 462. The van der Waals surface area contributed by atoms with Gasteiger partial charge in [0.1, 0.15) is 4.75 Å². The van der Waals surface area contributed by atoms with Crippen molar-refractivity contribution >= 4 is 9.84 Å². The number of hydrogen-bond acceptors (Lipinski definition) is 6. The average molecular weight is 247 g/mol. The minimum Gasteiger partial charge on any atom is -0.338 e. The molecule has 2 N–H and O–H groups in total. The van der Waals surface area contributed by atoms with Gasteiger partial charge in [-0.3, -0.25) is 0 Å². The van der Waals surface area contributed by atoms with Gasteiger partial charge in [0, 0.05) is 18.7 Å². The van der Waals surface area contributed by atoms with Gasteiger partial charge < -0.3 is 10.3 Å². The predicted octanol–water partition coefficient (Wildman–Crippen LogP) is 0.239. The molecule has 0 saturated heterocycles. The number of nitrogens with two attached hydrogens (primary N) is 1. The molecule has 0 saturated carbocycles. The molecule has 1 rings (SSSR count). The van der Waals surface area contributed by atoms with Crippen molar-refractivity contribution in [2.24, 2.45) is 5.73 Å². The summed E-state index contributed by atoms with van der Waals surface area (Å²) in [5, 5.41) is 3.71. The molecule has 1 unspecified atom stereocenters. The normalized spacial score (nSPS) is 15.1. The van der Waals surface area contributed by atoms with Crippen molar-refractivity contribution in [2.45, 2.75) is 38.0 Å². The highest BCUT2D eigenvalue weighted by Gasteiger charge is 2.38. The van der Waals surface area contributed by atoms with E-state index < -0.39 is 14.6 Å². The molecule has 0 amide bonds. The molecular formula is C9H17N3O3S. The van der Waals surface area contributed by atoms with Crippen LogP contribution in [0.2, 0.25) is 0 Å². The van der Waals surface area contributed by atoms with E-state index in [2.05, 4.69) is 10.1 Å². The Morgan fingerprint density at radius 3 is 2.50 bits per heavy atom. The molecule has 7 heteroatoms. The molecule has 0 radical (unpaired) electrons. The van der Waals surface area contributed by atoms with Gasteiger partial charge in [0.15, 0.2) is 15.7 Å². The SMILES string of the molecule is CC(N)Cc1noc(C(C)(C)S(C)(=O)=O)n1. The van der Waals surface area contributed by atoms with Crippen LogP contribution < -0.4 is 5.73 Å². The van der Waals surface area contributed by atoms with Crippen LogP contribution in [0.1, 0.15) is 32.5 Å². The number of hydrogen-bond donors (Lipinski definition) is 1. The maximum Gasteiger partial charge on any atom is 0.247 e. The van der Waals surface area contributed by atoms with Gasteiger partial charge >= 0.3 is 0 Å². The third-order valence-electron chi connectivity index (χ3n) is 2.41. The first-order valence-corrected chi connectivity index (χ1v) is 6.82. The van der Waals surface area contributed by atoms with Crippen molar-refractivity contribution in [3.63, 3.8) is 0 Å². The van der Waals surface area contributed by atoms with E-state index in [0.29, 0.717) is 12.2 Å². The van der Waals surface area contributed by atoms with E-state index in [-0.39, 0.29) is 11.9 Å². The van der Waals surface area contributed by atoms with Crippen LogP contribution in [-0.4, -0.2) is 30.9 Å². The van der Waals surface area contributed by atoms with Crippen LogP contribution in [-0.2, 0) is 21.0 Å². The monoisotopic (exact) mass is 247 g/mol. The predicted molar refractivity (Wildman–Crippen MR) is 59.5 cm³/mol. The second-order valence-electron chi connectivity index (χ2n) is 4.48. The maximum absolute atomic E-state index is 11.5. The number of nitrogens with zero attached hydrogens (tertiary/aromatic N) is 2. The Morgan fingerprint density at radius 1 is 1.50 bits per heavy atom. The second kappa shape index (κ2) is 4.14. The lowest BCUT2D eigenvalue weighted by Gasteiger charge is -2.16. The molecular weight excluding hydrogens is 230 g/mol. The van der Waals surface area contributed by atoms with Gasteiger partial charge in [0.2, 0.25) is 5.89 Å². The molecule has 0 aromatic carbocycles. The van der Waals surface area contributed by atoms with Gasteiger partial charge in [-0.2, -0.15) is 4.98 Å². The summed E-state index contributed by atoms with van der Waals surface area (Å²) in [6.07, 6.45) is 1.60. The van der Waals surface area contributed by atoms with Gasteiger partial charge in [0.05, 0.1) is 0 Å². The summed E-state index contributed by atoms with van der Waals surface area (Å²) < 4.78 is 26.9. The quantitative estimate of drug-likeness (QED) is 0.818. The molecule has 0 spiro atoms. The fourth-order valence-corrected chi connectivity index (χ4v) is 1.43. The largest absolute Gasteiger partial charge is 0.338 e. The molecule has 0 aliphatic rings. The average Bonchev–Trinajstić information content (AvgIpc) is 2.49. The van der Waals surface area contributed by atoms with Gasteiger partial charge in [-0.15, -0.1) is 0 Å². The minimum atomic E-state index is -3.30. The number of aromatic nitrogens is 2. The minimum absolute atomic E-state index is 0.0909. The molecule has 92 valence electrons. The van der Waals surface area contributed by atoms with Crippen molar-refractivity contribution in [2.75, 3.05) is 6.26 Å². The summed E-state index contributed by atoms with van der Waals surface area (Å²) in [6.45, 7) is 4.88. The van der Waals surface area contributed by atoms with Gasteiger partial charge in [-0.25, -0.2) is 8.42 Å². The molecule has 0 aliphatic heterocycles. The summed E-state index contributed by atoms with van der Waals surface area (Å²) in [7, 11) is -3.30. The Morgan fingerprint density at radius 2 is 2.06 bits per heavy atom. The van der Waals surface area contributed by atoms with Crippen molar-refractivity contribution in [1.82, 2.24) is 10.1 Å². The van der Waals surface area contributed by atoms with E-state index in [1.54, 1.807) is 0 Å². The van der Waals surface area contributed by atoms with Gasteiger partial charge in [-0.05, 0) is 20.8 Å². The van der Waals surface area contributed by atoms with Crippen LogP contribution in [0.5, 0.6) is 0 Å². The molecule has 0 fully saturated rings. The smallest absolute Gasteiger partial charge is 0.247 e. The lowest BCUT2D eigenvalue weighted by atomic mass is 10.2. The lowest BCUT2D eigenvalue weighted by Crippen LogP contribution is -2.28. The zero-order valence-corrected chi connectivity index (χ0v) is 10.7. The zero-order chi connectivity index (χ0) is 12.6. The molecule has 1 atom stereocenters. The Hall–Kier alpha value is -0.950. The highest BCUT2D eigenvalue weighted by molar-refractivity contribution is 7.91. The number of rotatable bonds is 4. The van der Waals surface area contributed by atoms with Crippen molar-refractivity contribution in [1.29, 1.82) is 0 Å². The molecule has 0 aliphatic carbocycles. The molecule has 0 bridgehead atoms. The third-order valence-corrected chi connectivity index (χ3v) is 4.44. The van der Waals surface area contributed by atoms with Crippen LogP contribution in [0, 0.1) is 0 Å². The summed E-state index contributed by atoms with van der Waals surface area (Å²) >= 11 is 0. The van der Waals surface area contributed by atoms with Gasteiger partial charge in [-0.1, -0.05) is 5.16 Å². The maximum atomic E-state index is 11.5. The first kappa shape index (κ1) is 13.1. The lowest BCUT2D eigenvalue weighted by molar-refractivity contribution is 0.343.